The van der Waals surface area contributed by atoms with E-state index in [1.54, 1.807) is 19.3 Å². The van der Waals surface area contributed by atoms with Crippen LogP contribution in [0.2, 0.25) is 0 Å². The number of hydrogen-bond donors (Lipinski definition) is 1. The lowest BCUT2D eigenvalue weighted by molar-refractivity contribution is 0.0945. The van der Waals surface area contributed by atoms with Crippen molar-refractivity contribution in [2.45, 2.75) is 13.5 Å². The van der Waals surface area contributed by atoms with E-state index in [1.165, 1.54) is 0 Å². The van der Waals surface area contributed by atoms with Crippen molar-refractivity contribution in [3.63, 3.8) is 0 Å². The topological polar surface area (TPSA) is 85.8 Å². The summed E-state index contributed by atoms with van der Waals surface area (Å²) in [5, 5.41) is 7.73. The first-order chi connectivity index (χ1) is 16.2. The fourth-order valence-corrected chi connectivity index (χ4v) is 3.58. The molecule has 3 aromatic heterocycles. The maximum atomic E-state index is 12.9. The number of carbonyl (C=O) groups is 1. The summed E-state index contributed by atoms with van der Waals surface area (Å²) >= 11 is 0. The van der Waals surface area contributed by atoms with E-state index in [4.69, 9.17) is 9.52 Å². The maximum absolute atomic E-state index is 12.9. The predicted molar refractivity (Wildman–Crippen MR) is 125 cm³/mol. The van der Waals surface area contributed by atoms with Crippen LogP contribution in [0.5, 0.6) is 0 Å². The highest BCUT2D eigenvalue weighted by Gasteiger charge is 2.19. The Bertz CT molecular complexity index is 1380. The molecule has 0 unspecified atom stereocenters. The number of nitrogens with zero attached hydrogens (tertiary/aromatic N) is 4. The number of aromatic nitrogens is 4. The van der Waals surface area contributed by atoms with Crippen LogP contribution in [-0.2, 0) is 6.54 Å². The monoisotopic (exact) mass is 435 g/mol. The standard InChI is InChI=1S/C26H21N5O2/c1-18-23(29-26(33-18)20-8-4-2-5-9-20)25(32)28-16-21-17-31(22-10-6-3-7-11-22)30-24(21)19-12-14-27-15-13-19/h2-15,17H,16H2,1H3,(H,28,32). The van der Waals surface area contributed by atoms with Crippen LogP contribution in [-0.4, -0.2) is 25.7 Å². The summed E-state index contributed by atoms with van der Waals surface area (Å²) in [7, 11) is 0. The number of oxazole rings is 1. The molecule has 3 heterocycles. The first-order valence-electron chi connectivity index (χ1n) is 10.5. The number of hydrogen-bond acceptors (Lipinski definition) is 5. The van der Waals surface area contributed by atoms with E-state index >= 15 is 0 Å². The van der Waals surface area contributed by atoms with Crippen molar-refractivity contribution in [3.8, 4) is 28.4 Å². The lowest BCUT2D eigenvalue weighted by Gasteiger charge is -2.04. The van der Waals surface area contributed by atoms with E-state index in [0.29, 0.717) is 11.7 Å². The van der Waals surface area contributed by atoms with Gasteiger partial charge in [-0.3, -0.25) is 9.78 Å². The molecule has 0 atom stereocenters. The quantitative estimate of drug-likeness (QED) is 0.413. The van der Waals surface area contributed by atoms with E-state index in [2.05, 4.69) is 15.3 Å². The average molecular weight is 435 g/mol. The molecule has 1 amide bonds. The second kappa shape index (κ2) is 8.92. The van der Waals surface area contributed by atoms with E-state index in [9.17, 15) is 4.79 Å². The molecule has 0 bridgehead atoms. The molecule has 0 radical (unpaired) electrons. The molecule has 0 aliphatic heterocycles. The molecule has 2 aromatic carbocycles. The highest BCUT2D eigenvalue weighted by Crippen LogP contribution is 2.24. The van der Waals surface area contributed by atoms with Crippen LogP contribution in [0.25, 0.3) is 28.4 Å². The zero-order valence-electron chi connectivity index (χ0n) is 18.0. The summed E-state index contributed by atoms with van der Waals surface area (Å²) in [6.07, 6.45) is 5.38. The van der Waals surface area contributed by atoms with Crippen molar-refractivity contribution in [3.05, 3.63) is 108 Å². The fourth-order valence-electron chi connectivity index (χ4n) is 3.58. The molecule has 5 rings (SSSR count). The van der Waals surface area contributed by atoms with Gasteiger partial charge in [-0.25, -0.2) is 9.67 Å². The number of pyridine rings is 1. The van der Waals surface area contributed by atoms with Crippen LogP contribution in [0.1, 0.15) is 21.8 Å². The van der Waals surface area contributed by atoms with Crippen molar-refractivity contribution in [1.82, 2.24) is 25.1 Å². The van der Waals surface area contributed by atoms with E-state index < -0.39 is 0 Å². The van der Waals surface area contributed by atoms with Crippen molar-refractivity contribution in [2.75, 3.05) is 0 Å². The predicted octanol–water partition coefficient (Wildman–Crippen LogP) is 4.83. The van der Waals surface area contributed by atoms with Crippen LogP contribution < -0.4 is 5.32 Å². The highest BCUT2D eigenvalue weighted by atomic mass is 16.4. The Kier molecular flexibility index (Phi) is 5.51. The zero-order valence-corrected chi connectivity index (χ0v) is 18.0. The Morgan fingerprint density at radius 2 is 1.64 bits per heavy atom. The molecule has 0 aliphatic rings. The first kappa shape index (κ1) is 20.4. The molecular weight excluding hydrogens is 414 g/mol. The lowest BCUT2D eigenvalue weighted by Crippen LogP contribution is -2.24. The lowest BCUT2D eigenvalue weighted by atomic mass is 10.1. The molecule has 7 heteroatoms. The third-order valence-corrected chi connectivity index (χ3v) is 5.24. The first-order valence-corrected chi connectivity index (χ1v) is 10.5. The molecule has 0 spiro atoms. The number of aryl methyl sites for hydroxylation is 1. The van der Waals surface area contributed by atoms with E-state index in [0.717, 1.165) is 28.1 Å². The normalized spacial score (nSPS) is 10.8. The van der Waals surface area contributed by atoms with Gasteiger partial charge in [-0.05, 0) is 43.3 Å². The van der Waals surface area contributed by atoms with Gasteiger partial charge in [0.2, 0.25) is 5.89 Å². The Hall–Kier alpha value is -4.52. The van der Waals surface area contributed by atoms with Gasteiger partial charge in [0.05, 0.1) is 11.4 Å². The molecule has 5 aromatic rings. The number of rotatable bonds is 6. The third-order valence-electron chi connectivity index (χ3n) is 5.24. The molecule has 162 valence electrons. The van der Waals surface area contributed by atoms with Gasteiger partial charge in [0.1, 0.15) is 5.76 Å². The summed E-state index contributed by atoms with van der Waals surface area (Å²) in [4.78, 5) is 21.4. The molecule has 0 saturated carbocycles. The molecule has 1 N–H and O–H groups in total. The second-order valence-electron chi connectivity index (χ2n) is 7.49. The summed E-state index contributed by atoms with van der Waals surface area (Å²) in [5.74, 6) is 0.597. The van der Waals surface area contributed by atoms with Crippen LogP contribution in [0.4, 0.5) is 0 Å². The Labute approximate surface area is 190 Å². The largest absolute Gasteiger partial charge is 0.441 e. The van der Waals surface area contributed by atoms with Crippen molar-refractivity contribution in [1.29, 1.82) is 0 Å². The number of carbonyl (C=O) groups excluding carboxylic acids is 1. The molecule has 7 nitrogen and oxygen atoms in total. The van der Waals surface area contributed by atoms with Gasteiger partial charge in [0, 0.05) is 41.8 Å². The van der Waals surface area contributed by atoms with Crippen molar-refractivity contribution in [2.24, 2.45) is 0 Å². The SMILES string of the molecule is Cc1oc(-c2ccccc2)nc1C(=O)NCc1cn(-c2ccccc2)nc1-c1ccncc1. The molecule has 33 heavy (non-hydrogen) atoms. The average Bonchev–Trinajstić information content (AvgIpc) is 3.48. The van der Waals surface area contributed by atoms with Gasteiger partial charge in [-0.1, -0.05) is 36.4 Å². The zero-order chi connectivity index (χ0) is 22.6. The van der Waals surface area contributed by atoms with Gasteiger partial charge >= 0.3 is 0 Å². The van der Waals surface area contributed by atoms with Gasteiger partial charge < -0.3 is 9.73 Å². The molecule has 0 fully saturated rings. The third kappa shape index (κ3) is 4.29. The maximum Gasteiger partial charge on any atom is 0.273 e. The minimum absolute atomic E-state index is 0.273. The van der Waals surface area contributed by atoms with Gasteiger partial charge in [0.15, 0.2) is 5.69 Å². The smallest absolute Gasteiger partial charge is 0.273 e. The van der Waals surface area contributed by atoms with Crippen molar-refractivity contribution < 1.29 is 9.21 Å². The Morgan fingerprint density at radius 1 is 0.939 bits per heavy atom. The highest BCUT2D eigenvalue weighted by molar-refractivity contribution is 5.93. The van der Waals surface area contributed by atoms with Crippen molar-refractivity contribution >= 4 is 5.91 Å². The summed E-state index contributed by atoms with van der Waals surface area (Å²) in [6, 6.07) is 23.2. The van der Waals surface area contributed by atoms with E-state index in [1.807, 2.05) is 83.7 Å². The number of para-hydroxylation sites is 1. The molecular formula is C26H21N5O2. The minimum Gasteiger partial charge on any atom is -0.441 e. The van der Waals surface area contributed by atoms with Gasteiger partial charge in [-0.2, -0.15) is 5.10 Å². The van der Waals surface area contributed by atoms with E-state index in [-0.39, 0.29) is 18.1 Å². The van der Waals surface area contributed by atoms with Gasteiger partial charge in [0.25, 0.3) is 5.91 Å². The summed E-state index contributed by atoms with van der Waals surface area (Å²) < 4.78 is 7.55. The Morgan fingerprint density at radius 3 is 2.36 bits per heavy atom. The second-order valence-corrected chi connectivity index (χ2v) is 7.49. The summed E-state index contributed by atoms with van der Waals surface area (Å²) in [6.45, 7) is 2.03. The summed E-state index contributed by atoms with van der Waals surface area (Å²) in [5.41, 5.74) is 4.61. The van der Waals surface area contributed by atoms with Crippen LogP contribution in [0, 0.1) is 6.92 Å². The van der Waals surface area contributed by atoms with Crippen LogP contribution in [0.15, 0.2) is 95.8 Å². The van der Waals surface area contributed by atoms with Gasteiger partial charge in [-0.15, -0.1) is 0 Å². The van der Waals surface area contributed by atoms with Crippen LogP contribution >= 0.6 is 0 Å². The number of amides is 1. The number of nitrogens with one attached hydrogen (secondary N) is 1. The molecule has 0 aliphatic carbocycles. The molecule has 0 saturated heterocycles. The fraction of sp³-hybridized carbons (Fsp3) is 0.0769. The number of benzene rings is 2. The van der Waals surface area contributed by atoms with Crippen LogP contribution in [0.3, 0.4) is 0 Å². The Balaban J connectivity index is 1.41. The minimum atomic E-state index is -0.299.